The van der Waals surface area contributed by atoms with Gasteiger partial charge in [-0.2, -0.15) is 10.2 Å². The first-order chi connectivity index (χ1) is 12.4. The van der Waals surface area contributed by atoms with Gasteiger partial charge in [0.15, 0.2) is 11.6 Å². The summed E-state index contributed by atoms with van der Waals surface area (Å²) in [5, 5.41) is 9.60. The normalized spacial score (nSPS) is 11.3. The summed E-state index contributed by atoms with van der Waals surface area (Å²) >= 11 is 5.89. The molecule has 3 rings (SSSR count). The molecule has 134 valence electrons. The maximum absolute atomic E-state index is 14.2. The summed E-state index contributed by atoms with van der Waals surface area (Å²) in [7, 11) is -2.84. The quantitative estimate of drug-likeness (QED) is 0.690. The van der Waals surface area contributed by atoms with Crippen LogP contribution in [-0.4, -0.2) is 25.5 Å². The molecule has 0 radical (unpaired) electrons. The van der Waals surface area contributed by atoms with Gasteiger partial charge < -0.3 is 9.72 Å². The van der Waals surface area contributed by atoms with E-state index < -0.39 is 21.7 Å². The maximum atomic E-state index is 14.2. The number of fused-ring (bicyclic) bond motifs is 1. The van der Waals surface area contributed by atoms with Crippen LogP contribution in [0.25, 0.3) is 10.9 Å². The third-order valence-electron chi connectivity index (χ3n) is 3.60. The van der Waals surface area contributed by atoms with E-state index >= 15 is 0 Å². The Hall–Kier alpha value is -2.83. The Morgan fingerprint density at radius 1 is 1.42 bits per heavy atom. The molecule has 1 aromatic carbocycles. The number of aromatic nitrogens is 2. The second-order valence-electron chi connectivity index (χ2n) is 5.27. The van der Waals surface area contributed by atoms with Crippen LogP contribution in [0.5, 0.6) is 5.88 Å². The Morgan fingerprint density at radius 3 is 2.88 bits per heavy atom. The molecule has 2 N–H and O–H groups in total. The van der Waals surface area contributed by atoms with Crippen molar-refractivity contribution in [3.8, 4) is 11.9 Å². The van der Waals surface area contributed by atoms with Crippen LogP contribution in [0.3, 0.4) is 0 Å². The van der Waals surface area contributed by atoms with E-state index in [1.165, 1.54) is 13.3 Å². The van der Waals surface area contributed by atoms with Crippen LogP contribution >= 0.6 is 11.6 Å². The van der Waals surface area contributed by atoms with Crippen molar-refractivity contribution in [3.63, 3.8) is 0 Å². The minimum Gasteiger partial charge on any atom is -0.481 e. The van der Waals surface area contributed by atoms with E-state index in [1.54, 1.807) is 18.2 Å². The van der Waals surface area contributed by atoms with E-state index in [9.17, 15) is 12.8 Å². The summed E-state index contributed by atoms with van der Waals surface area (Å²) in [6, 6.07) is 7.55. The van der Waals surface area contributed by atoms with Crippen LogP contribution in [0.1, 0.15) is 5.56 Å². The number of anilines is 1. The van der Waals surface area contributed by atoms with E-state index in [0.717, 1.165) is 6.07 Å². The number of hydrogen-bond acceptors (Lipinski definition) is 5. The number of sulfonamides is 1. The van der Waals surface area contributed by atoms with Gasteiger partial charge in [0.1, 0.15) is 4.90 Å². The second-order valence-corrected chi connectivity index (χ2v) is 7.36. The zero-order valence-electron chi connectivity index (χ0n) is 13.4. The van der Waals surface area contributed by atoms with Crippen molar-refractivity contribution in [3.05, 3.63) is 46.9 Å². The predicted molar refractivity (Wildman–Crippen MR) is 94.2 cm³/mol. The average molecular weight is 395 g/mol. The smallest absolute Gasteiger partial charge is 0.265 e. The van der Waals surface area contributed by atoms with Crippen molar-refractivity contribution in [2.45, 2.75) is 11.3 Å². The summed E-state index contributed by atoms with van der Waals surface area (Å²) in [4.78, 5) is 6.56. The number of aromatic amines is 1. The van der Waals surface area contributed by atoms with E-state index in [4.69, 9.17) is 21.6 Å². The molecule has 0 spiro atoms. The molecule has 0 fully saturated rings. The number of methoxy groups -OCH3 is 1. The average Bonchev–Trinajstić information content (AvgIpc) is 3.01. The largest absolute Gasteiger partial charge is 0.481 e. The van der Waals surface area contributed by atoms with Gasteiger partial charge in [-0.1, -0.05) is 11.6 Å². The highest BCUT2D eigenvalue weighted by atomic mass is 35.5. The van der Waals surface area contributed by atoms with E-state index in [2.05, 4.69) is 14.7 Å². The first-order valence-corrected chi connectivity index (χ1v) is 9.11. The lowest BCUT2D eigenvalue weighted by atomic mass is 10.2. The molecule has 0 unspecified atom stereocenters. The van der Waals surface area contributed by atoms with Gasteiger partial charge in [-0.25, -0.2) is 12.8 Å². The topological polar surface area (TPSA) is 108 Å². The molecule has 0 aliphatic rings. The van der Waals surface area contributed by atoms with Gasteiger partial charge in [0.05, 0.1) is 19.6 Å². The first-order valence-electron chi connectivity index (χ1n) is 7.25. The van der Waals surface area contributed by atoms with Gasteiger partial charge in [-0.05, 0) is 24.3 Å². The summed E-state index contributed by atoms with van der Waals surface area (Å²) < 4.78 is 46.7. The Labute approximate surface area is 153 Å². The molecular formula is C16H12ClFN4O3S. The Morgan fingerprint density at radius 2 is 2.19 bits per heavy atom. The van der Waals surface area contributed by atoms with Crippen molar-refractivity contribution in [1.29, 1.82) is 5.26 Å². The number of H-pyrrole nitrogens is 1. The number of hydrogen-bond donors (Lipinski definition) is 2. The van der Waals surface area contributed by atoms with Gasteiger partial charge in [0.25, 0.3) is 10.0 Å². The third kappa shape index (κ3) is 3.29. The Bertz CT molecular complexity index is 1140. The van der Waals surface area contributed by atoms with E-state index in [1.807, 2.05) is 6.07 Å². The molecule has 10 heteroatoms. The van der Waals surface area contributed by atoms with Gasteiger partial charge in [0.2, 0.25) is 5.88 Å². The third-order valence-corrected chi connectivity index (χ3v) is 5.22. The van der Waals surface area contributed by atoms with Crippen molar-refractivity contribution < 1.29 is 17.5 Å². The Balaban J connectivity index is 2.03. The molecule has 0 bridgehead atoms. The second kappa shape index (κ2) is 6.82. The van der Waals surface area contributed by atoms with Crippen molar-refractivity contribution in [2.24, 2.45) is 0 Å². The molecule has 0 saturated carbocycles. The molecule has 26 heavy (non-hydrogen) atoms. The number of benzene rings is 1. The number of pyridine rings is 1. The van der Waals surface area contributed by atoms with Gasteiger partial charge in [-0.15, -0.1) is 0 Å². The molecule has 7 nitrogen and oxygen atoms in total. The van der Waals surface area contributed by atoms with Crippen LogP contribution in [-0.2, 0) is 16.4 Å². The number of nitrogens with one attached hydrogen (secondary N) is 2. The summed E-state index contributed by atoms with van der Waals surface area (Å²) in [6.07, 6.45) is 1.16. The van der Waals surface area contributed by atoms with Crippen molar-refractivity contribution in [1.82, 2.24) is 9.97 Å². The van der Waals surface area contributed by atoms with Crippen LogP contribution < -0.4 is 9.46 Å². The van der Waals surface area contributed by atoms with Gasteiger partial charge >= 0.3 is 0 Å². The standard InChI is InChI=1S/C16H12ClFN4O3S/c1-25-16-9(4-5-19)6-12(18)15(21-16)22-26(23,24)14-8-20-13-7-10(17)2-3-11(13)14/h2-3,6-8,20H,4H2,1H3,(H,21,22). The minimum atomic E-state index is -4.13. The monoisotopic (exact) mass is 394 g/mol. The molecule has 0 amide bonds. The zero-order chi connectivity index (χ0) is 18.9. The van der Waals surface area contributed by atoms with Gasteiger partial charge in [-0.3, -0.25) is 4.72 Å². The molecule has 0 saturated heterocycles. The lowest BCUT2D eigenvalue weighted by Crippen LogP contribution is -2.15. The lowest BCUT2D eigenvalue weighted by molar-refractivity contribution is 0.392. The van der Waals surface area contributed by atoms with Crippen LogP contribution in [0.4, 0.5) is 10.2 Å². The molecule has 0 aliphatic heterocycles. The number of halogens is 2. The van der Waals surface area contributed by atoms with Crippen molar-refractivity contribution >= 4 is 38.3 Å². The summed E-state index contributed by atoms with van der Waals surface area (Å²) in [6.45, 7) is 0. The lowest BCUT2D eigenvalue weighted by Gasteiger charge is -2.11. The number of nitrogens with zero attached hydrogens (tertiary/aromatic N) is 2. The fraction of sp³-hybridized carbons (Fsp3) is 0.125. The molecule has 0 atom stereocenters. The molecule has 0 aliphatic carbocycles. The van der Waals surface area contributed by atoms with Gasteiger partial charge in [0, 0.05) is 27.7 Å². The van der Waals surface area contributed by atoms with E-state index in [-0.39, 0.29) is 22.8 Å². The molecule has 2 aromatic heterocycles. The molecule has 3 aromatic rings. The predicted octanol–water partition coefficient (Wildman–Crippen LogP) is 3.23. The van der Waals surface area contributed by atoms with E-state index in [0.29, 0.717) is 15.9 Å². The SMILES string of the molecule is COc1nc(NS(=O)(=O)c2c[nH]c3cc(Cl)ccc23)c(F)cc1CC#N. The maximum Gasteiger partial charge on any atom is 0.265 e. The number of rotatable bonds is 5. The highest BCUT2D eigenvalue weighted by Crippen LogP contribution is 2.28. The highest BCUT2D eigenvalue weighted by Gasteiger charge is 2.23. The fourth-order valence-electron chi connectivity index (χ4n) is 2.45. The minimum absolute atomic E-state index is 0.0311. The Kier molecular flexibility index (Phi) is 4.71. The highest BCUT2D eigenvalue weighted by molar-refractivity contribution is 7.93. The summed E-state index contributed by atoms with van der Waals surface area (Å²) in [5.41, 5.74) is 0.741. The zero-order valence-corrected chi connectivity index (χ0v) is 14.9. The molecular weight excluding hydrogens is 383 g/mol. The number of nitriles is 1. The molecule has 2 heterocycles. The fourth-order valence-corrected chi connectivity index (χ4v) is 3.81. The van der Waals surface area contributed by atoms with Crippen LogP contribution in [0, 0.1) is 17.1 Å². The summed E-state index contributed by atoms with van der Waals surface area (Å²) in [5.74, 6) is -1.47. The van der Waals surface area contributed by atoms with Crippen LogP contribution in [0.15, 0.2) is 35.4 Å². The van der Waals surface area contributed by atoms with Crippen LogP contribution in [0.2, 0.25) is 5.02 Å². The van der Waals surface area contributed by atoms with Crippen molar-refractivity contribution in [2.75, 3.05) is 11.8 Å². The number of ether oxygens (including phenoxy) is 1. The first kappa shape index (κ1) is 18.0.